The van der Waals surface area contributed by atoms with Gasteiger partial charge in [0, 0.05) is 10.4 Å². The molecule has 0 heterocycles. The van der Waals surface area contributed by atoms with Gasteiger partial charge in [-0.1, -0.05) is 0 Å². The Bertz CT molecular complexity index is 91.7. The predicted octanol–water partition coefficient (Wildman–Crippen LogP) is -2.72. The van der Waals surface area contributed by atoms with Gasteiger partial charge in [0.2, 0.25) is 0 Å². The summed E-state index contributed by atoms with van der Waals surface area (Å²) in [5.41, 5.74) is 0. The number of hydrogen-bond acceptors (Lipinski definition) is 5. The molecule has 0 amide bonds. The molecule has 0 fully saturated rings. The summed E-state index contributed by atoms with van der Waals surface area (Å²) in [7, 11) is -5.17. The van der Waals surface area contributed by atoms with Crippen LogP contribution in [0.3, 0.4) is 0 Å². The van der Waals surface area contributed by atoms with Crippen LogP contribution < -0.4 is 0 Å². The van der Waals surface area contributed by atoms with Crippen molar-refractivity contribution in [3.63, 3.8) is 0 Å². The minimum Gasteiger partial charge on any atom is -0.870 e. The molecule has 0 spiro atoms. The molecule has 0 saturated carbocycles. The smallest absolute Gasteiger partial charge is 0.870 e. The summed E-state index contributed by atoms with van der Waals surface area (Å²) in [5, 5.41) is 0. The summed E-state index contributed by atoms with van der Waals surface area (Å²) in [4.78, 5) is 0. The zero-order valence-electron chi connectivity index (χ0n) is 3.70. The molecule has 0 aliphatic heterocycles. The fourth-order valence-corrected chi connectivity index (χ4v) is 0. The zero-order valence-corrected chi connectivity index (χ0v) is 5.93. The van der Waals surface area contributed by atoms with Gasteiger partial charge in [-0.2, -0.15) is 0 Å². The summed E-state index contributed by atoms with van der Waals surface area (Å²) in [6.45, 7) is 0. The van der Waals surface area contributed by atoms with Crippen LogP contribution in [0.1, 0.15) is 0 Å². The molecule has 8 heteroatoms. The molecule has 0 aromatic rings. The summed E-state index contributed by atoms with van der Waals surface area (Å²) >= 11 is 0. The molecule has 0 radical (unpaired) electrons. The normalized spacial score (nSPS) is 7.25. The molecular weight excluding hydrogens is 152 g/mol. The molecule has 0 unspecified atom stereocenters. The monoisotopic (exact) mass is 155 g/mol. The van der Waals surface area contributed by atoms with E-state index < -0.39 is 10.4 Å². The first-order valence-electron chi connectivity index (χ1n) is 0.667. The summed E-state index contributed by atoms with van der Waals surface area (Å²) in [6.07, 6.45) is 0. The maximum absolute atomic E-state index is 8.52. The van der Waals surface area contributed by atoms with E-state index in [-0.39, 0.29) is 34.0 Å². The van der Waals surface area contributed by atoms with E-state index in [1.165, 1.54) is 0 Å². The minimum absolute atomic E-state index is 0. The SMILES string of the molecule is O.O=S(=O)([O-])[O-].[Mg+2].[OH-]. The van der Waals surface area contributed by atoms with E-state index >= 15 is 0 Å². The Labute approximate surface area is 62.2 Å². The van der Waals surface area contributed by atoms with Crippen molar-refractivity contribution in [3.05, 3.63) is 0 Å². The molecule has 0 bridgehead atoms. The van der Waals surface area contributed by atoms with Crippen molar-refractivity contribution in [3.8, 4) is 0 Å². The third-order valence-electron chi connectivity index (χ3n) is 0. The minimum atomic E-state index is -5.17. The van der Waals surface area contributed by atoms with Crippen LogP contribution in [0.2, 0.25) is 0 Å². The summed E-state index contributed by atoms with van der Waals surface area (Å²) < 4.78 is 34.1. The fraction of sp³-hybridized carbons (Fsp3) is 0. The van der Waals surface area contributed by atoms with Gasteiger partial charge in [0.05, 0.1) is 0 Å². The Hall–Kier alpha value is 0.556. The Morgan fingerprint density at radius 3 is 1.12 bits per heavy atom. The van der Waals surface area contributed by atoms with Crippen LogP contribution in [0.15, 0.2) is 0 Å². The van der Waals surface area contributed by atoms with Crippen LogP contribution >= 0.6 is 0 Å². The maximum atomic E-state index is 8.52. The van der Waals surface area contributed by atoms with Crippen molar-refractivity contribution >= 4 is 33.5 Å². The summed E-state index contributed by atoms with van der Waals surface area (Å²) in [6, 6.07) is 0. The Kier molecular flexibility index (Phi) is 22.2. The summed E-state index contributed by atoms with van der Waals surface area (Å²) in [5.74, 6) is 0. The van der Waals surface area contributed by atoms with Gasteiger partial charge in [0.25, 0.3) is 0 Å². The van der Waals surface area contributed by atoms with E-state index in [1.807, 2.05) is 0 Å². The Morgan fingerprint density at radius 2 is 1.12 bits per heavy atom. The van der Waals surface area contributed by atoms with Gasteiger partial charge in [0.15, 0.2) is 0 Å². The van der Waals surface area contributed by atoms with Gasteiger partial charge >= 0.3 is 23.1 Å². The molecule has 0 aliphatic rings. The van der Waals surface area contributed by atoms with Gasteiger partial charge in [-0.3, -0.25) is 8.42 Å². The molecular formula is H3MgO6S-. The average Bonchev–Trinajstić information content (AvgIpc) is 0.722. The van der Waals surface area contributed by atoms with Crippen LogP contribution in [0, 0.1) is 0 Å². The zero-order chi connectivity index (χ0) is 4.50. The van der Waals surface area contributed by atoms with Crippen molar-refractivity contribution in [1.29, 1.82) is 0 Å². The third-order valence-corrected chi connectivity index (χ3v) is 0. The van der Waals surface area contributed by atoms with Gasteiger partial charge in [-0.25, -0.2) is 0 Å². The molecule has 3 N–H and O–H groups in total. The molecule has 0 saturated heterocycles. The second-order valence-electron chi connectivity index (χ2n) is 0.408. The van der Waals surface area contributed by atoms with Gasteiger partial charge in [-0.15, -0.1) is 0 Å². The van der Waals surface area contributed by atoms with Crippen molar-refractivity contribution in [2.45, 2.75) is 0 Å². The molecule has 0 atom stereocenters. The first-order valence-corrected chi connectivity index (χ1v) is 2.00. The van der Waals surface area contributed by atoms with E-state index in [4.69, 9.17) is 17.5 Å². The topological polar surface area (TPSA) is 142 Å². The third kappa shape index (κ3) is 654. The molecule has 0 aromatic heterocycles. The van der Waals surface area contributed by atoms with Crippen LogP contribution in [-0.4, -0.2) is 51.5 Å². The first-order chi connectivity index (χ1) is 2.00. The van der Waals surface area contributed by atoms with Crippen LogP contribution in [0.5, 0.6) is 0 Å². The van der Waals surface area contributed by atoms with Crippen molar-refractivity contribution < 1.29 is 28.5 Å². The van der Waals surface area contributed by atoms with Gasteiger partial charge in [-0.05, 0) is 0 Å². The van der Waals surface area contributed by atoms with Gasteiger partial charge in [0.1, 0.15) is 0 Å². The molecule has 48 valence electrons. The Morgan fingerprint density at radius 1 is 1.12 bits per heavy atom. The van der Waals surface area contributed by atoms with Gasteiger partial charge < -0.3 is 20.1 Å². The average molecular weight is 155 g/mol. The number of rotatable bonds is 0. The van der Waals surface area contributed by atoms with E-state index in [0.29, 0.717) is 0 Å². The van der Waals surface area contributed by atoms with Crippen molar-refractivity contribution in [2.24, 2.45) is 0 Å². The molecule has 0 aromatic carbocycles. The van der Waals surface area contributed by atoms with Crippen LogP contribution in [0.25, 0.3) is 0 Å². The second kappa shape index (κ2) is 7.56. The van der Waals surface area contributed by atoms with Crippen molar-refractivity contribution in [2.75, 3.05) is 0 Å². The number of hydrogen-bond donors (Lipinski definition) is 0. The molecule has 8 heavy (non-hydrogen) atoms. The molecule has 0 rings (SSSR count). The van der Waals surface area contributed by atoms with E-state index in [0.717, 1.165) is 0 Å². The largest absolute Gasteiger partial charge is 2.00 e. The van der Waals surface area contributed by atoms with E-state index in [2.05, 4.69) is 0 Å². The molecule has 0 aliphatic carbocycles. The van der Waals surface area contributed by atoms with E-state index in [9.17, 15) is 0 Å². The molecule has 6 nitrogen and oxygen atoms in total. The van der Waals surface area contributed by atoms with Crippen LogP contribution in [-0.2, 0) is 10.4 Å². The predicted molar refractivity (Wildman–Crippen MR) is 21.8 cm³/mol. The fourth-order valence-electron chi connectivity index (χ4n) is 0. The maximum Gasteiger partial charge on any atom is 2.00 e. The first kappa shape index (κ1) is 23.5. The van der Waals surface area contributed by atoms with Crippen LogP contribution in [0.4, 0.5) is 0 Å². The van der Waals surface area contributed by atoms with Crippen molar-refractivity contribution in [1.82, 2.24) is 0 Å². The quantitative estimate of drug-likeness (QED) is 0.212. The standard InChI is InChI=1S/Mg.H2O4S.2H2O/c;1-5(2,3)4;;/h;(H2,1,2,3,4);2*1H2/q+2;;;/p-3. The Balaban J connectivity index is -0.0000000267. The van der Waals surface area contributed by atoms with E-state index in [1.54, 1.807) is 0 Å². The second-order valence-corrected chi connectivity index (χ2v) is 1.22.